The molecule has 4 nitrogen and oxygen atoms in total. The van der Waals surface area contributed by atoms with Crippen molar-refractivity contribution in [2.45, 2.75) is 32.3 Å². The van der Waals surface area contributed by atoms with Crippen LogP contribution >= 0.6 is 0 Å². The van der Waals surface area contributed by atoms with Gasteiger partial charge in [0, 0.05) is 7.05 Å². The van der Waals surface area contributed by atoms with Crippen molar-refractivity contribution in [3.63, 3.8) is 0 Å². The highest BCUT2D eigenvalue weighted by atomic mass is 16.3. The molecule has 2 rings (SSSR count). The summed E-state index contributed by atoms with van der Waals surface area (Å²) in [4.78, 5) is 0. The van der Waals surface area contributed by atoms with E-state index in [1.807, 2.05) is 30.7 Å². The van der Waals surface area contributed by atoms with Crippen LogP contribution in [-0.4, -0.2) is 19.9 Å². The SMILES string of the molecule is Cc1nnc(C2(O)C=CC(C)CC2)n1C. The van der Waals surface area contributed by atoms with Crippen molar-refractivity contribution in [1.29, 1.82) is 0 Å². The number of aryl methyl sites for hydroxylation is 1. The summed E-state index contributed by atoms with van der Waals surface area (Å²) in [7, 11) is 1.88. The van der Waals surface area contributed by atoms with Crippen LogP contribution in [0.4, 0.5) is 0 Å². The number of rotatable bonds is 1. The van der Waals surface area contributed by atoms with Crippen LogP contribution in [0, 0.1) is 12.8 Å². The zero-order valence-corrected chi connectivity index (χ0v) is 9.44. The average Bonchev–Trinajstić information content (AvgIpc) is 2.54. The third-order valence-corrected chi connectivity index (χ3v) is 3.16. The van der Waals surface area contributed by atoms with E-state index >= 15 is 0 Å². The molecule has 0 amide bonds. The number of allylic oxidation sites excluding steroid dienone is 1. The van der Waals surface area contributed by atoms with Crippen molar-refractivity contribution >= 4 is 0 Å². The Hall–Kier alpha value is -1.16. The first-order chi connectivity index (χ1) is 7.03. The van der Waals surface area contributed by atoms with E-state index in [1.165, 1.54) is 0 Å². The molecule has 0 aromatic carbocycles. The summed E-state index contributed by atoms with van der Waals surface area (Å²) >= 11 is 0. The Balaban J connectivity index is 2.38. The highest BCUT2D eigenvalue weighted by Gasteiger charge is 2.34. The lowest BCUT2D eigenvalue weighted by atomic mass is 9.85. The van der Waals surface area contributed by atoms with Gasteiger partial charge >= 0.3 is 0 Å². The summed E-state index contributed by atoms with van der Waals surface area (Å²) in [5.41, 5.74) is -0.928. The standard InChI is InChI=1S/C11H17N3O/c1-8-4-6-11(15,7-5-8)10-13-12-9(2)14(10)3/h4,6,8,15H,5,7H2,1-3H3. The predicted octanol–water partition coefficient (Wildman–Crippen LogP) is 1.30. The normalized spacial score (nSPS) is 30.8. The summed E-state index contributed by atoms with van der Waals surface area (Å²) in [5.74, 6) is 2.01. The zero-order valence-electron chi connectivity index (χ0n) is 9.44. The van der Waals surface area contributed by atoms with E-state index in [2.05, 4.69) is 17.1 Å². The first-order valence-corrected chi connectivity index (χ1v) is 5.31. The number of hydrogen-bond donors (Lipinski definition) is 1. The van der Waals surface area contributed by atoms with Crippen molar-refractivity contribution in [1.82, 2.24) is 14.8 Å². The van der Waals surface area contributed by atoms with E-state index < -0.39 is 5.60 Å². The zero-order chi connectivity index (χ0) is 11.1. The van der Waals surface area contributed by atoms with Crippen LogP contribution in [0.5, 0.6) is 0 Å². The molecule has 0 radical (unpaired) electrons. The quantitative estimate of drug-likeness (QED) is 0.706. The van der Waals surface area contributed by atoms with Crippen LogP contribution in [0.2, 0.25) is 0 Å². The highest BCUT2D eigenvalue weighted by molar-refractivity contribution is 5.17. The number of nitrogens with zero attached hydrogens (tertiary/aromatic N) is 3. The fraction of sp³-hybridized carbons (Fsp3) is 0.636. The number of hydrogen-bond acceptors (Lipinski definition) is 3. The maximum atomic E-state index is 10.4. The van der Waals surface area contributed by atoms with Gasteiger partial charge in [-0.15, -0.1) is 10.2 Å². The maximum absolute atomic E-state index is 10.4. The molecule has 1 heterocycles. The van der Waals surface area contributed by atoms with Crippen LogP contribution in [-0.2, 0) is 12.6 Å². The second-order valence-electron chi connectivity index (χ2n) is 4.43. The molecular formula is C11H17N3O. The fourth-order valence-corrected chi connectivity index (χ4v) is 1.92. The summed E-state index contributed by atoms with van der Waals surface area (Å²) in [5, 5.41) is 18.5. The van der Waals surface area contributed by atoms with Gasteiger partial charge in [-0.1, -0.05) is 13.0 Å². The molecule has 4 heteroatoms. The molecule has 0 spiro atoms. The predicted molar refractivity (Wildman–Crippen MR) is 57.2 cm³/mol. The van der Waals surface area contributed by atoms with Crippen LogP contribution in [0.15, 0.2) is 12.2 Å². The Labute approximate surface area is 89.6 Å². The largest absolute Gasteiger partial charge is 0.378 e. The van der Waals surface area contributed by atoms with Gasteiger partial charge in [-0.2, -0.15) is 0 Å². The van der Waals surface area contributed by atoms with Crippen LogP contribution < -0.4 is 0 Å². The van der Waals surface area contributed by atoms with E-state index in [1.54, 1.807) is 0 Å². The van der Waals surface area contributed by atoms with E-state index in [4.69, 9.17) is 0 Å². The van der Waals surface area contributed by atoms with Gasteiger partial charge in [-0.25, -0.2) is 0 Å². The molecule has 1 aromatic heterocycles. The molecule has 0 saturated heterocycles. The van der Waals surface area contributed by atoms with Crippen molar-refractivity contribution in [2.75, 3.05) is 0 Å². The second kappa shape index (κ2) is 3.45. The first-order valence-electron chi connectivity index (χ1n) is 5.31. The van der Waals surface area contributed by atoms with Gasteiger partial charge in [0.25, 0.3) is 0 Å². The molecule has 1 aliphatic carbocycles. The number of aromatic nitrogens is 3. The molecule has 15 heavy (non-hydrogen) atoms. The molecule has 0 saturated carbocycles. The van der Waals surface area contributed by atoms with Crippen LogP contribution in [0.3, 0.4) is 0 Å². The molecule has 0 bridgehead atoms. The Morgan fingerprint density at radius 1 is 1.53 bits per heavy atom. The monoisotopic (exact) mass is 207 g/mol. The molecule has 82 valence electrons. The fourth-order valence-electron chi connectivity index (χ4n) is 1.92. The molecule has 2 atom stereocenters. The Morgan fingerprint density at radius 2 is 2.27 bits per heavy atom. The van der Waals surface area contributed by atoms with Gasteiger partial charge in [0.1, 0.15) is 11.4 Å². The molecule has 0 fully saturated rings. The average molecular weight is 207 g/mol. The lowest BCUT2D eigenvalue weighted by Gasteiger charge is -2.28. The van der Waals surface area contributed by atoms with Gasteiger partial charge in [-0.05, 0) is 31.8 Å². The maximum Gasteiger partial charge on any atom is 0.168 e. The van der Waals surface area contributed by atoms with E-state index in [0.29, 0.717) is 11.7 Å². The minimum atomic E-state index is -0.928. The summed E-state index contributed by atoms with van der Waals surface area (Å²) in [6.07, 6.45) is 5.60. The molecule has 1 aromatic rings. The van der Waals surface area contributed by atoms with Crippen LogP contribution in [0.25, 0.3) is 0 Å². The molecule has 2 unspecified atom stereocenters. The van der Waals surface area contributed by atoms with Gasteiger partial charge in [0.05, 0.1) is 0 Å². The molecule has 1 aliphatic rings. The van der Waals surface area contributed by atoms with Crippen molar-refractivity contribution in [3.8, 4) is 0 Å². The van der Waals surface area contributed by atoms with Crippen LogP contribution in [0.1, 0.15) is 31.4 Å². The van der Waals surface area contributed by atoms with Gasteiger partial charge in [-0.3, -0.25) is 0 Å². The topological polar surface area (TPSA) is 50.9 Å². The van der Waals surface area contributed by atoms with E-state index in [9.17, 15) is 5.11 Å². The Morgan fingerprint density at radius 3 is 2.73 bits per heavy atom. The van der Waals surface area contributed by atoms with Gasteiger partial charge in [0.15, 0.2) is 5.82 Å². The van der Waals surface area contributed by atoms with Gasteiger partial charge < -0.3 is 9.67 Å². The second-order valence-corrected chi connectivity index (χ2v) is 4.43. The molecule has 0 aliphatic heterocycles. The Kier molecular flexibility index (Phi) is 2.38. The van der Waals surface area contributed by atoms with E-state index in [0.717, 1.165) is 18.7 Å². The first kappa shape index (κ1) is 10.4. The molecular weight excluding hydrogens is 190 g/mol. The summed E-state index contributed by atoms with van der Waals surface area (Å²) < 4.78 is 1.85. The highest BCUT2D eigenvalue weighted by Crippen LogP contribution is 2.33. The third kappa shape index (κ3) is 1.69. The molecule has 1 N–H and O–H groups in total. The smallest absolute Gasteiger partial charge is 0.168 e. The Bertz CT molecular complexity index is 397. The summed E-state index contributed by atoms with van der Waals surface area (Å²) in [6, 6.07) is 0. The van der Waals surface area contributed by atoms with Crippen molar-refractivity contribution < 1.29 is 5.11 Å². The lowest BCUT2D eigenvalue weighted by Crippen LogP contribution is -2.30. The minimum Gasteiger partial charge on any atom is -0.378 e. The van der Waals surface area contributed by atoms with Crippen molar-refractivity contribution in [3.05, 3.63) is 23.8 Å². The van der Waals surface area contributed by atoms with E-state index in [-0.39, 0.29) is 0 Å². The summed E-state index contributed by atoms with van der Waals surface area (Å²) in [6.45, 7) is 4.03. The lowest BCUT2D eigenvalue weighted by molar-refractivity contribution is 0.0550. The third-order valence-electron chi connectivity index (χ3n) is 3.16. The minimum absolute atomic E-state index is 0.541. The van der Waals surface area contributed by atoms with Crippen molar-refractivity contribution in [2.24, 2.45) is 13.0 Å². The van der Waals surface area contributed by atoms with Gasteiger partial charge in [0.2, 0.25) is 0 Å². The number of aliphatic hydroxyl groups is 1.